The van der Waals surface area contributed by atoms with Crippen molar-refractivity contribution < 1.29 is 9.53 Å². The molecule has 2 heterocycles. The molecule has 0 unspecified atom stereocenters. The lowest BCUT2D eigenvalue weighted by Gasteiger charge is -2.12. The number of imidazole rings is 1. The van der Waals surface area contributed by atoms with Gasteiger partial charge >= 0.3 is 0 Å². The number of nitrogens with zero attached hydrogens (tertiary/aromatic N) is 3. The first-order valence-electron chi connectivity index (χ1n) is 8.83. The fourth-order valence-corrected chi connectivity index (χ4v) is 2.71. The van der Waals surface area contributed by atoms with Crippen LogP contribution in [0.1, 0.15) is 15.9 Å². The zero-order valence-electron chi connectivity index (χ0n) is 15.0. The van der Waals surface area contributed by atoms with Crippen LogP contribution in [0.15, 0.2) is 91.6 Å². The first-order valence-corrected chi connectivity index (χ1v) is 8.83. The Balaban J connectivity index is 1.42. The van der Waals surface area contributed by atoms with E-state index in [9.17, 15) is 4.79 Å². The van der Waals surface area contributed by atoms with Crippen molar-refractivity contribution in [1.82, 2.24) is 19.9 Å². The molecule has 0 aliphatic carbocycles. The van der Waals surface area contributed by atoms with Gasteiger partial charge in [0.15, 0.2) is 0 Å². The highest BCUT2D eigenvalue weighted by molar-refractivity contribution is 5.93. The molecule has 0 saturated carbocycles. The minimum Gasteiger partial charge on any atom is -0.457 e. The van der Waals surface area contributed by atoms with Gasteiger partial charge in [-0.1, -0.05) is 36.4 Å². The lowest BCUT2D eigenvalue weighted by atomic mass is 10.2. The van der Waals surface area contributed by atoms with E-state index in [2.05, 4.69) is 15.3 Å². The predicted octanol–water partition coefficient (Wildman–Crippen LogP) is 3.99. The van der Waals surface area contributed by atoms with Crippen LogP contribution >= 0.6 is 0 Å². The molecule has 28 heavy (non-hydrogen) atoms. The van der Waals surface area contributed by atoms with Crippen molar-refractivity contribution in [3.05, 3.63) is 103 Å². The van der Waals surface area contributed by atoms with Crippen molar-refractivity contribution >= 4 is 5.91 Å². The molecule has 0 saturated heterocycles. The van der Waals surface area contributed by atoms with Crippen molar-refractivity contribution in [2.75, 3.05) is 0 Å². The highest BCUT2D eigenvalue weighted by Gasteiger charge is 2.09. The Labute approximate surface area is 162 Å². The van der Waals surface area contributed by atoms with Gasteiger partial charge < -0.3 is 10.1 Å². The van der Waals surface area contributed by atoms with E-state index in [4.69, 9.17) is 4.74 Å². The number of hydrogen-bond acceptors (Lipinski definition) is 4. The van der Waals surface area contributed by atoms with Crippen LogP contribution in [0.3, 0.4) is 0 Å². The van der Waals surface area contributed by atoms with Crippen molar-refractivity contribution in [2.24, 2.45) is 0 Å². The second-order valence-electron chi connectivity index (χ2n) is 6.08. The average Bonchev–Trinajstić information content (AvgIpc) is 3.29. The molecular formula is C22H18N4O2. The average molecular weight is 370 g/mol. The number of rotatable bonds is 6. The molecule has 138 valence electrons. The molecule has 0 fully saturated rings. The Kier molecular flexibility index (Phi) is 5.11. The molecule has 0 aliphatic heterocycles. The Morgan fingerprint density at radius 2 is 1.82 bits per heavy atom. The number of benzene rings is 2. The third-order valence-electron chi connectivity index (χ3n) is 4.16. The monoisotopic (exact) mass is 370 g/mol. The third kappa shape index (κ3) is 4.07. The summed E-state index contributed by atoms with van der Waals surface area (Å²) in [5.41, 5.74) is 1.38. The third-order valence-corrected chi connectivity index (χ3v) is 4.16. The Morgan fingerprint density at radius 3 is 2.57 bits per heavy atom. The summed E-state index contributed by atoms with van der Waals surface area (Å²) < 4.78 is 7.71. The van der Waals surface area contributed by atoms with Gasteiger partial charge in [-0.25, -0.2) is 9.97 Å². The molecule has 0 aliphatic rings. The van der Waals surface area contributed by atoms with Crippen LogP contribution in [0.5, 0.6) is 11.5 Å². The van der Waals surface area contributed by atoms with Crippen LogP contribution in [0.25, 0.3) is 5.82 Å². The number of nitrogens with one attached hydrogen (secondary N) is 1. The first-order chi connectivity index (χ1) is 13.8. The summed E-state index contributed by atoms with van der Waals surface area (Å²) in [7, 11) is 0. The molecule has 2 aromatic carbocycles. The zero-order chi connectivity index (χ0) is 19.2. The predicted molar refractivity (Wildman–Crippen MR) is 105 cm³/mol. The van der Waals surface area contributed by atoms with Crippen LogP contribution < -0.4 is 10.1 Å². The second-order valence-corrected chi connectivity index (χ2v) is 6.08. The topological polar surface area (TPSA) is 69.0 Å². The number of carbonyl (C=O) groups is 1. The molecule has 4 aromatic rings. The fourth-order valence-electron chi connectivity index (χ4n) is 2.71. The van der Waals surface area contributed by atoms with E-state index >= 15 is 0 Å². The number of aromatic nitrogens is 3. The van der Waals surface area contributed by atoms with E-state index in [-0.39, 0.29) is 5.91 Å². The van der Waals surface area contributed by atoms with Crippen LogP contribution in [0.2, 0.25) is 0 Å². The number of para-hydroxylation sites is 2. The van der Waals surface area contributed by atoms with Crippen molar-refractivity contribution in [3.8, 4) is 17.3 Å². The maximum atomic E-state index is 12.5. The van der Waals surface area contributed by atoms with Crippen molar-refractivity contribution in [2.45, 2.75) is 6.54 Å². The van der Waals surface area contributed by atoms with Gasteiger partial charge in [0, 0.05) is 30.7 Å². The van der Waals surface area contributed by atoms with Crippen molar-refractivity contribution in [3.63, 3.8) is 0 Å². The van der Waals surface area contributed by atoms with Crippen LogP contribution in [0, 0.1) is 0 Å². The van der Waals surface area contributed by atoms with Crippen LogP contribution in [0.4, 0.5) is 0 Å². The van der Waals surface area contributed by atoms with Gasteiger partial charge in [-0.15, -0.1) is 0 Å². The molecule has 2 aromatic heterocycles. The number of carbonyl (C=O) groups excluding carboxylic acids is 1. The number of amides is 1. The number of ether oxygens (including phenoxy) is 1. The quantitative estimate of drug-likeness (QED) is 0.557. The molecular weight excluding hydrogens is 352 g/mol. The standard InChI is InChI=1S/C22H18N4O2/c27-22(18-10-11-21(24-15-18)26-13-12-23-16-26)25-14-17-6-4-5-9-20(17)28-19-7-2-1-3-8-19/h1-13,15-16H,14H2,(H,25,27). The Morgan fingerprint density at radius 1 is 1.00 bits per heavy atom. The van der Waals surface area contributed by atoms with Gasteiger partial charge in [-0.05, 0) is 30.3 Å². The molecule has 1 amide bonds. The molecule has 0 spiro atoms. The summed E-state index contributed by atoms with van der Waals surface area (Å²) in [4.78, 5) is 20.8. The van der Waals surface area contributed by atoms with E-state index in [0.717, 1.165) is 11.3 Å². The van der Waals surface area contributed by atoms with Gasteiger partial charge in [0.1, 0.15) is 23.6 Å². The summed E-state index contributed by atoms with van der Waals surface area (Å²) in [6.45, 7) is 0.352. The second kappa shape index (κ2) is 8.18. The molecule has 6 nitrogen and oxygen atoms in total. The van der Waals surface area contributed by atoms with E-state index in [1.807, 2.05) is 54.6 Å². The van der Waals surface area contributed by atoms with E-state index in [1.54, 1.807) is 41.6 Å². The number of hydrogen-bond donors (Lipinski definition) is 1. The van der Waals surface area contributed by atoms with E-state index < -0.39 is 0 Å². The fraction of sp³-hybridized carbons (Fsp3) is 0.0455. The Hall–Kier alpha value is -3.93. The molecule has 4 rings (SSSR count). The number of pyridine rings is 1. The normalized spacial score (nSPS) is 10.4. The summed E-state index contributed by atoms with van der Waals surface area (Å²) in [6, 6.07) is 20.7. The lowest BCUT2D eigenvalue weighted by molar-refractivity contribution is 0.0950. The minimum absolute atomic E-state index is 0.195. The van der Waals surface area contributed by atoms with Gasteiger partial charge in [-0.3, -0.25) is 9.36 Å². The summed E-state index contributed by atoms with van der Waals surface area (Å²) in [6.07, 6.45) is 6.69. The molecule has 1 N–H and O–H groups in total. The summed E-state index contributed by atoms with van der Waals surface area (Å²) in [5.74, 6) is 1.97. The molecule has 0 atom stereocenters. The Bertz CT molecular complexity index is 1050. The lowest BCUT2D eigenvalue weighted by Crippen LogP contribution is -2.23. The maximum Gasteiger partial charge on any atom is 0.253 e. The van der Waals surface area contributed by atoms with Gasteiger partial charge in [0.25, 0.3) is 5.91 Å². The van der Waals surface area contributed by atoms with Gasteiger partial charge in [0.2, 0.25) is 0 Å². The SMILES string of the molecule is O=C(NCc1ccccc1Oc1ccccc1)c1ccc(-n2ccnc2)nc1. The highest BCUT2D eigenvalue weighted by Crippen LogP contribution is 2.24. The minimum atomic E-state index is -0.195. The summed E-state index contributed by atoms with van der Waals surface area (Å²) in [5, 5.41) is 2.92. The van der Waals surface area contributed by atoms with Crippen LogP contribution in [-0.2, 0) is 6.54 Å². The van der Waals surface area contributed by atoms with Crippen molar-refractivity contribution in [1.29, 1.82) is 0 Å². The van der Waals surface area contributed by atoms with Gasteiger partial charge in [-0.2, -0.15) is 0 Å². The largest absolute Gasteiger partial charge is 0.457 e. The molecule has 6 heteroatoms. The summed E-state index contributed by atoms with van der Waals surface area (Å²) >= 11 is 0. The maximum absolute atomic E-state index is 12.5. The zero-order valence-corrected chi connectivity index (χ0v) is 15.0. The highest BCUT2D eigenvalue weighted by atomic mass is 16.5. The van der Waals surface area contributed by atoms with E-state index in [1.165, 1.54) is 0 Å². The van der Waals surface area contributed by atoms with Crippen LogP contribution in [-0.4, -0.2) is 20.4 Å². The molecule has 0 radical (unpaired) electrons. The smallest absolute Gasteiger partial charge is 0.253 e. The van der Waals surface area contributed by atoms with E-state index in [0.29, 0.717) is 23.7 Å². The van der Waals surface area contributed by atoms with Gasteiger partial charge in [0.05, 0.1) is 5.56 Å². The first kappa shape index (κ1) is 17.5. The molecule has 0 bridgehead atoms.